The van der Waals surface area contributed by atoms with Gasteiger partial charge in [0.2, 0.25) is 10.0 Å². The maximum atomic E-state index is 12.9. The maximum Gasteiger partial charge on any atom is 0.254 e. The normalized spacial score (nSPS) is 15.0. The van der Waals surface area contributed by atoms with Crippen LogP contribution in [-0.4, -0.2) is 45.5 Å². The minimum Gasteiger partial charge on any atom is -0.378 e. The monoisotopic (exact) mass is 378 g/mol. The third-order valence-corrected chi connectivity index (χ3v) is 5.51. The molecule has 3 rings (SSSR count). The van der Waals surface area contributed by atoms with Crippen LogP contribution in [0.4, 0.5) is 4.39 Å². The zero-order chi connectivity index (χ0) is 18.6. The minimum absolute atomic E-state index is 0.00184. The van der Waals surface area contributed by atoms with Gasteiger partial charge in [-0.05, 0) is 42.0 Å². The van der Waals surface area contributed by atoms with Gasteiger partial charge in [-0.3, -0.25) is 4.79 Å². The van der Waals surface area contributed by atoms with E-state index < -0.39 is 15.8 Å². The first kappa shape index (κ1) is 18.5. The van der Waals surface area contributed by atoms with Crippen molar-refractivity contribution in [3.05, 3.63) is 65.5 Å². The van der Waals surface area contributed by atoms with Crippen LogP contribution >= 0.6 is 0 Å². The van der Waals surface area contributed by atoms with Gasteiger partial charge in [-0.1, -0.05) is 12.1 Å². The fraction of sp³-hybridized carbons (Fsp3) is 0.278. The van der Waals surface area contributed by atoms with Crippen LogP contribution < -0.4 is 4.72 Å². The molecular weight excluding hydrogens is 359 g/mol. The number of morpholine rings is 1. The van der Waals surface area contributed by atoms with Crippen molar-refractivity contribution in [2.24, 2.45) is 0 Å². The number of amides is 1. The molecule has 2 aromatic rings. The fourth-order valence-electron chi connectivity index (χ4n) is 2.59. The maximum absolute atomic E-state index is 12.9. The van der Waals surface area contributed by atoms with E-state index in [9.17, 15) is 17.6 Å². The zero-order valence-electron chi connectivity index (χ0n) is 14.0. The van der Waals surface area contributed by atoms with Crippen molar-refractivity contribution < 1.29 is 22.3 Å². The Labute approximate surface area is 151 Å². The number of rotatable bonds is 5. The molecular formula is C18H19FN2O4S. The van der Waals surface area contributed by atoms with Gasteiger partial charge in [0, 0.05) is 25.2 Å². The molecule has 1 N–H and O–H groups in total. The summed E-state index contributed by atoms with van der Waals surface area (Å²) < 4.78 is 45.0. The van der Waals surface area contributed by atoms with Gasteiger partial charge in [-0.15, -0.1) is 0 Å². The molecule has 6 nitrogen and oxygen atoms in total. The van der Waals surface area contributed by atoms with Crippen molar-refractivity contribution in [1.29, 1.82) is 0 Å². The number of benzene rings is 2. The standard InChI is InChI=1S/C18H19FN2O4S/c19-16-5-7-17(8-6-16)26(23,24)20-13-14-1-3-15(4-2-14)18(22)21-9-11-25-12-10-21/h1-8,20H,9-13H2. The van der Waals surface area contributed by atoms with Crippen molar-refractivity contribution in [3.8, 4) is 0 Å². The molecule has 1 amide bonds. The first-order valence-electron chi connectivity index (χ1n) is 8.17. The van der Waals surface area contributed by atoms with E-state index in [0.717, 1.165) is 12.1 Å². The average molecular weight is 378 g/mol. The molecule has 1 fully saturated rings. The summed E-state index contributed by atoms with van der Waals surface area (Å²) >= 11 is 0. The molecule has 2 aromatic carbocycles. The van der Waals surface area contributed by atoms with Crippen LogP contribution in [0.2, 0.25) is 0 Å². The van der Waals surface area contributed by atoms with Gasteiger partial charge < -0.3 is 9.64 Å². The molecule has 1 aliphatic rings. The molecule has 1 aliphatic heterocycles. The smallest absolute Gasteiger partial charge is 0.254 e. The lowest BCUT2D eigenvalue weighted by molar-refractivity contribution is 0.0303. The Morgan fingerprint density at radius 3 is 2.27 bits per heavy atom. The van der Waals surface area contributed by atoms with Gasteiger partial charge in [-0.25, -0.2) is 17.5 Å². The molecule has 8 heteroatoms. The largest absolute Gasteiger partial charge is 0.378 e. The molecule has 1 saturated heterocycles. The highest BCUT2D eigenvalue weighted by molar-refractivity contribution is 7.89. The van der Waals surface area contributed by atoms with E-state index >= 15 is 0 Å². The van der Waals surface area contributed by atoms with Crippen molar-refractivity contribution in [3.63, 3.8) is 0 Å². The number of carbonyl (C=O) groups is 1. The predicted octanol–water partition coefficient (Wildman–Crippen LogP) is 1.78. The number of sulfonamides is 1. The van der Waals surface area contributed by atoms with E-state index in [1.54, 1.807) is 29.2 Å². The number of nitrogens with zero attached hydrogens (tertiary/aromatic N) is 1. The molecule has 0 spiro atoms. The van der Waals surface area contributed by atoms with Gasteiger partial charge in [-0.2, -0.15) is 0 Å². The summed E-state index contributed by atoms with van der Waals surface area (Å²) in [5.74, 6) is -0.559. The second kappa shape index (κ2) is 7.94. The van der Waals surface area contributed by atoms with E-state index in [1.165, 1.54) is 12.1 Å². The van der Waals surface area contributed by atoms with Crippen LogP contribution in [0.1, 0.15) is 15.9 Å². The summed E-state index contributed by atoms with van der Waals surface area (Å²) in [7, 11) is -3.72. The minimum atomic E-state index is -3.72. The molecule has 0 radical (unpaired) electrons. The summed E-state index contributed by atoms with van der Waals surface area (Å²) in [5, 5.41) is 0. The summed E-state index contributed by atoms with van der Waals surface area (Å²) in [6, 6.07) is 11.4. The zero-order valence-corrected chi connectivity index (χ0v) is 14.8. The SMILES string of the molecule is O=C(c1ccc(CNS(=O)(=O)c2ccc(F)cc2)cc1)N1CCOCC1. The molecule has 0 atom stereocenters. The van der Waals surface area contributed by atoms with Crippen molar-refractivity contribution >= 4 is 15.9 Å². The molecule has 0 saturated carbocycles. The van der Waals surface area contributed by atoms with Gasteiger partial charge in [0.15, 0.2) is 0 Å². The Morgan fingerprint density at radius 2 is 1.65 bits per heavy atom. The van der Waals surface area contributed by atoms with Crippen LogP contribution in [0.25, 0.3) is 0 Å². The number of nitrogens with one attached hydrogen (secondary N) is 1. The Balaban J connectivity index is 1.62. The Kier molecular flexibility index (Phi) is 5.65. The van der Waals surface area contributed by atoms with Crippen LogP contribution in [-0.2, 0) is 21.3 Å². The summed E-state index contributed by atoms with van der Waals surface area (Å²) in [6.45, 7) is 2.28. The van der Waals surface area contributed by atoms with Crippen molar-refractivity contribution in [1.82, 2.24) is 9.62 Å². The van der Waals surface area contributed by atoms with Crippen LogP contribution in [0, 0.1) is 5.82 Å². The van der Waals surface area contributed by atoms with E-state index in [-0.39, 0.29) is 17.3 Å². The van der Waals surface area contributed by atoms with Gasteiger partial charge in [0.25, 0.3) is 5.91 Å². The first-order chi connectivity index (χ1) is 12.5. The lowest BCUT2D eigenvalue weighted by Crippen LogP contribution is -2.40. The number of halogens is 1. The molecule has 0 bridgehead atoms. The third kappa shape index (κ3) is 4.46. The molecule has 26 heavy (non-hydrogen) atoms. The molecule has 0 aromatic heterocycles. The number of hydrogen-bond acceptors (Lipinski definition) is 4. The highest BCUT2D eigenvalue weighted by Gasteiger charge is 2.18. The van der Waals surface area contributed by atoms with Crippen LogP contribution in [0.15, 0.2) is 53.4 Å². The third-order valence-electron chi connectivity index (χ3n) is 4.09. The first-order valence-corrected chi connectivity index (χ1v) is 9.65. The summed E-state index contributed by atoms with van der Waals surface area (Å²) in [5.41, 5.74) is 1.27. The summed E-state index contributed by atoms with van der Waals surface area (Å²) in [4.78, 5) is 14.1. The van der Waals surface area contributed by atoms with E-state index in [1.807, 2.05) is 0 Å². The van der Waals surface area contributed by atoms with Crippen molar-refractivity contribution in [2.75, 3.05) is 26.3 Å². The lowest BCUT2D eigenvalue weighted by Gasteiger charge is -2.26. The second-order valence-electron chi connectivity index (χ2n) is 5.88. The molecule has 0 unspecified atom stereocenters. The molecule has 0 aliphatic carbocycles. The van der Waals surface area contributed by atoms with Gasteiger partial charge in [0.1, 0.15) is 5.82 Å². The molecule has 1 heterocycles. The number of ether oxygens (including phenoxy) is 1. The van der Waals surface area contributed by atoms with E-state index in [0.29, 0.717) is 37.4 Å². The Hall–Kier alpha value is -2.29. The predicted molar refractivity (Wildman–Crippen MR) is 93.6 cm³/mol. The second-order valence-corrected chi connectivity index (χ2v) is 7.65. The van der Waals surface area contributed by atoms with E-state index in [4.69, 9.17) is 4.74 Å². The Morgan fingerprint density at radius 1 is 1.04 bits per heavy atom. The highest BCUT2D eigenvalue weighted by atomic mass is 32.2. The highest BCUT2D eigenvalue weighted by Crippen LogP contribution is 2.12. The van der Waals surface area contributed by atoms with Crippen LogP contribution in [0.3, 0.4) is 0 Å². The van der Waals surface area contributed by atoms with E-state index in [2.05, 4.69) is 4.72 Å². The Bertz CT molecular complexity index is 861. The number of carbonyl (C=O) groups excluding carboxylic acids is 1. The van der Waals surface area contributed by atoms with Gasteiger partial charge >= 0.3 is 0 Å². The average Bonchev–Trinajstić information content (AvgIpc) is 2.67. The lowest BCUT2D eigenvalue weighted by atomic mass is 10.1. The quantitative estimate of drug-likeness (QED) is 0.861. The number of hydrogen-bond donors (Lipinski definition) is 1. The summed E-state index contributed by atoms with van der Waals surface area (Å²) in [6.07, 6.45) is 0. The fourth-order valence-corrected chi connectivity index (χ4v) is 3.61. The molecule has 138 valence electrons. The van der Waals surface area contributed by atoms with Crippen LogP contribution in [0.5, 0.6) is 0 Å². The topological polar surface area (TPSA) is 75.7 Å². The van der Waals surface area contributed by atoms with Crippen molar-refractivity contribution in [2.45, 2.75) is 11.4 Å². The van der Waals surface area contributed by atoms with Gasteiger partial charge in [0.05, 0.1) is 18.1 Å².